The predicted molar refractivity (Wildman–Crippen MR) is 104 cm³/mol. The van der Waals surface area contributed by atoms with Crippen LogP contribution in [0, 0.1) is 5.92 Å². The van der Waals surface area contributed by atoms with Crippen LogP contribution in [-0.2, 0) is 20.7 Å². The van der Waals surface area contributed by atoms with E-state index in [1.807, 2.05) is 28.0 Å². The van der Waals surface area contributed by atoms with Crippen LogP contribution in [-0.4, -0.2) is 74.1 Å². The first-order valence-corrected chi connectivity index (χ1v) is 10.2. The van der Waals surface area contributed by atoms with Gasteiger partial charge in [0.25, 0.3) is 0 Å². The van der Waals surface area contributed by atoms with E-state index in [9.17, 15) is 9.59 Å². The van der Waals surface area contributed by atoms with Crippen LogP contribution in [0.25, 0.3) is 0 Å². The Hall–Kier alpha value is -1.92. The zero-order valence-electron chi connectivity index (χ0n) is 15.9. The minimum absolute atomic E-state index is 0.139. The maximum absolute atomic E-state index is 12.7. The van der Waals surface area contributed by atoms with E-state index in [2.05, 4.69) is 11.0 Å². The molecule has 6 nitrogen and oxygen atoms in total. The Kier molecular flexibility index (Phi) is 5.74. The SMILES string of the molecule is O=C(C1CCN(CCC(=O)N2CCc3ccccc32)CC1)N1CCOCC1. The van der Waals surface area contributed by atoms with Gasteiger partial charge in [-0.05, 0) is 44.0 Å². The molecule has 3 aliphatic rings. The first kappa shape index (κ1) is 18.4. The van der Waals surface area contributed by atoms with E-state index in [0.717, 1.165) is 64.2 Å². The lowest BCUT2D eigenvalue weighted by molar-refractivity contribution is -0.141. The van der Waals surface area contributed by atoms with E-state index in [1.54, 1.807) is 0 Å². The van der Waals surface area contributed by atoms with Crippen LogP contribution in [0.1, 0.15) is 24.8 Å². The highest BCUT2D eigenvalue weighted by molar-refractivity contribution is 5.95. The van der Waals surface area contributed by atoms with Crippen LogP contribution in [0.5, 0.6) is 0 Å². The summed E-state index contributed by atoms with van der Waals surface area (Å²) in [5.74, 6) is 0.648. The second-order valence-electron chi connectivity index (χ2n) is 7.73. The molecule has 0 aromatic heterocycles. The van der Waals surface area contributed by atoms with Crippen LogP contribution in [0.3, 0.4) is 0 Å². The summed E-state index contributed by atoms with van der Waals surface area (Å²) in [7, 11) is 0. The van der Waals surface area contributed by atoms with Gasteiger partial charge in [0.15, 0.2) is 0 Å². The Morgan fingerprint density at radius 1 is 1.00 bits per heavy atom. The van der Waals surface area contributed by atoms with Crippen molar-refractivity contribution in [3.63, 3.8) is 0 Å². The van der Waals surface area contributed by atoms with Gasteiger partial charge in [0, 0.05) is 44.2 Å². The average Bonchev–Trinajstić information content (AvgIpc) is 3.17. The molecule has 3 heterocycles. The monoisotopic (exact) mass is 371 g/mol. The molecule has 4 rings (SSSR count). The van der Waals surface area contributed by atoms with Crippen molar-refractivity contribution in [1.82, 2.24) is 9.80 Å². The fourth-order valence-electron chi connectivity index (χ4n) is 4.43. The van der Waals surface area contributed by atoms with E-state index in [-0.39, 0.29) is 11.8 Å². The van der Waals surface area contributed by atoms with Crippen molar-refractivity contribution in [2.45, 2.75) is 25.7 Å². The van der Waals surface area contributed by atoms with Crippen LogP contribution in [0.15, 0.2) is 24.3 Å². The number of carbonyl (C=O) groups excluding carboxylic acids is 2. The number of piperidine rings is 1. The van der Waals surface area contributed by atoms with Crippen molar-refractivity contribution < 1.29 is 14.3 Å². The highest BCUT2D eigenvalue weighted by Crippen LogP contribution is 2.28. The largest absolute Gasteiger partial charge is 0.378 e. The molecule has 0 atom stereocenters. The molecule has 2 amide bonds. The number of hydrogen-bond donors (Lipinski definition) is 0. The number of nitrogens with zero attached hydrogens (tertiary/aromatic N) is 3. The van der Waals surface area contributed by atoms with Crippen molar-refractivity contribution >= 4 is 17.5 Å². The number of fused-ring (bicyclic) bond motifs is 1. The van der Waals surface area contributed by atoms with Crippen molar-refractivity contribution in [3.05, 3.63) is 29.8 Å². The number of benzene rings is 1. The molecule has 0 spiro atoms. The summed E-state index contributed by atoms with van der Waals surface area (Å²) in [5.41, 5.74) is 2.35. The number of likely N-dealkylation sites (tertiary alicyclic amines) is 1. The molecular formula is C21H29N3O3. The lowest BCUT2D eigenvalue weighted by Gasteiger charge is -2.35. The number of carbonyl (C=O) groups is 2. The molecule has 2 saturated heterocycles. The summed E-state index contributed by atoms with van der Waals surface area (Å²) in [6.07, 6.45) is 3.31. The predicted octanol–water partition coefficient (Wildman–Crippen LogP) is 1.54. The van der Waals surface area contributed by atoms with Gasteiger partial charge in [-0.25, -0.2) is 0 Å². The first-order chi connectivity index (χ1) is 13.2. The van der Waals surface area contributed by atoms with Crippen LogP contribution in [0.2, 0.25) is 0 Å². The van der Waals surface area contributed by atoms with Gasteiger partial charge in [0.1, 0.15) is 0 Å². The van der Waals surface area contributed by atoms with Crippen LogP contribution >= 0.6 is 0 Å². The highest BCUT2D eigenvalue weighted by atomic mass is 16.5. The Morgan fingerprint density at radius 2 is 1.74 bits per heavy atom. The quantitative estimate of drug-likeness (QED) is 0.806. The molecule has 1 aromatic rings. The van der Waals surface area contributed by atoms with E-state index in [0.29, 0.717) is 25.5 Å². The molecule has 0 N–H and O–H groups in total. The molecule has 0 radical (unpaired) electrons. The fourth-order valence-corrected chi connectivity index (χ4v) is 4.43. The maximum Gasteiger partial charge on any atom is 0.228 e. The van der Waals surface area contributed by atoms with Gasteiger partial charge < -0.3 is 19.4 Å². The molecule has 0 saturated carbocycles. The number of morpholine rings is 1. The Labute approximate surface area is 161 Å². The average molecular weight is 371 g/mol. The van der Waals surface area contributed by atoms with Crippen molar-refractivity contribution in [1.29, 1.82) is 0 Å². The molecule has 27 heavy (non-hydrogen) atoms. The van der Waals surface area contributed by atoms with E-state index < -0.39 is 0 Å². The molecule has 1 aromatic carbocycles. The van der Waals surface area contributed by atoms with Gasteiger partial charge in [0.2, 0.25) is 11.8 Å². The molecule has 146 valence electrons. The second-order valence-corrected chi connectivity index (χ2v) is 7.73. The fraction of sp³-hybridized carbons (Fsp3) is 0.619. The van der Waals surface area contributed by atoms with E-state index >= 15 is 0 Å². The van der Waals surface area contributed by atoms with E-state index in [4.69, 9.17) is 4.74 Å². The number of anilines is 1. The maximum atomic E-state index is 12.7. The molecule has 3 aliphatic heterocycles. The van der Waals surface area contributed by atoms with Crippen molar-refractivity contribution in [2.75, 3.05) is 57.4 Å². The third-order valence-corrected chi connectivity index (χ3v) is 6.09. The molecular weight excluding hydrogens is 342 g/mol. The summed E-state index contributed by atoms with van der Waals surface area (Å²) in [6, 6.07) is 8.19. The van der Waals surface area contributed by atoms with Gasteiger partial charge in [-0.1, -0.05) is 18.2 Å². The first-order valence-electron chi connectivity index (χ1n) is 10.2. The molecule has 2 fully saturated rings. The lowest BCUT2D eigenvalue weighted by atomic mass is 9.95. The van der Waals surface area contributed by atoms with Gasteiger partial charge in [-0.3, -0.25) is 9.59 Å². The van der Waals surface area contributed by atoms with Gasteiger partial charge in [-0.15, -0.1) is 0 Å². The zero-order chi connectivity index (χ0) is 18.6. The number of rotatable bonds is 4. The summed E-state index contributed by atoms with van der Waals surface area (Å²) in [5, 5.41) is 0. The summed E-state index contributed by atoms with van der Waals surface area (Å²) < 4.78 is 5.33. The van der Waals surface area contributed by atoms with Crippen molar-refractivity contribution in [3.8, 4) is 0 Å². The van der Waals surface area contributed by atoms with Gasteiger partial charge in [-0.2, -0.15) is 0 Å². The number of amides is 2. The van der Waals surface area contributed by atoms with Crippen LogP contribution < -0.4 is 4.90 Å². The smallest absolute Gasteiger partial charge is 0.228 e. The number of hydrogen-bond acceptors (Lipinski definition) is 4. The molecule has 0 unspecified atom stereocenters. The molecule has 6 heteroatoms. The standard InChI is InChI=1S/C21H29N3O3/c25-20(24-12-7-17-3-1-2-4-19(17)24)8-11-22-9-5-18(6-10-22)21(26)23-13-15-27-16-14-23/h1-4,18H,5-16H2. The van der Waals surface area contributed by atoms with Crippen molar-refractivity contribution in [2.24, 2.45) is 5.92 Å². The Bertz CT molecular complexity index is 679. The minimum atomic E-state index is 0.139. The zero-order valence-corrected chi connectivity index (χ0v) is 15.9. The van der Waals surface area contributed by atoms with Crippen LogP contribution in [0.4, 0.5) is 5.69 Å². The summed E-state index contributed by atoms with van der Waals surface area (Å²) in [6.45, 7) is 6.17. The summed E-state index contributed by atoms with van der Waals surface area (Å²) in [4.78, 5) is 31.5. The lowest BCUT2D eigenvalue weighted by Crippen LogP contribution is -2.47. The molecule has 0 bridgehead atoms. The highest BCUT2D eigenvalue weighted by Gasteiger charge is 2.30. The summed E-state index contributed by atoms with van der Waals surface area (Å²) >= 11 is 0. The van der Waals surface area contributed by atoms with E-state index in [1.165, 1.54) is 5.56 Å². The Morgan fingerprint density at radius 3 is 2.52 bits per heavy atom. The Balaban J connectivity index is 1.22. The number of para-hydroxylation sites is 1. The van der Waals surface area contributed by atoms with Gasteiger partial charge >= 0.3 is 0 Å². The minimum Gasteiger partial charge on any atom is -0.378 e. The topological polar surface area (TPSA) is 53.1 Å². The third-order valence-electron chi connectivity index (χ3n) is 6.09. The normalized spacial score (nSPS) is 21.3. The van der Waals surface area contributed by atoms with Gasteiger partial charge in [0.05, 0.1) is 13.2 Å². The number of ether oxygens (including phenoxy) is 1. The molecule has 0 aliphatic carbocycles. The second kappa shape index (κ2) is 8.40. The third kappa shape index (κ3) is 4.17.